The number of carbonyl (C=O) groups excluding carboxylic acids is 1. The van der Waals surface area contributed by atoms with Gasteiger partial charge in [0, 0.05) is 39.8 Å². The van der Waals surface area contributed by atoms with E-state index in [1.165, 1.54) is 16.3 Å². The van der Waals surface area contributed by atoms with Crippen LogP contribution in [-0.2, 0) is 16.1 Å². The Morgan fingerprint density at radius 3 is 2.84 bits per heavy atom. The first-order valence-corrected chi connectivity index (χ1v) is 9.17. The summed E-state index contributed by atoms with van der Waals surface area (Å²) >= 11 is 0. The second-order valence-corrected chi connectivity index (χ2v) is 7.50. The van der Waals surface area contributed by atoms with Gasteiger partial charge in [0.15, 0.2) is 0 Å². The Morgan fingerprint density at radius 2 is 2.00 bits per heavy atom. The molecule has 0 aliphatic carbocycles. The third-order valence-corrected chi connectivity index (χ3v) is 5.66. The minimum absolute atomic E-state index is 0.0318. The van der Waals surface area contributed by atoms with Gasteiger partial charge in [0.1, 0.15) is 0 Å². The van der Waals surface area contributed by atoms with Gasteiger partial charge >= 0.3 is 0 Å². The Bertz CT molecular complexity index is 768. The van der Waals surface area contributed by atoms with Gasteiger partial charge in [-0.25, -0.2) is 0 Å². The predicted molar refractivity (Wildman–Crippen MR) is 99.3 cm³/mol. The van der Waals surface area contributed by atoms with Crippen molar-refractivity contribution >= 4 is 16.7 Å². The zero-order valence-corrected chi connectivity index (χ0v) is 15.0. The molecule has 2 heterocycles. The molecule has 2 aromatic carbocycles. The lowest BCUT2D eigenvalue weighted by Gasteiger charge is -2.41. The maximum Gasteiger partial charge on any atom is 0.226 e. The average molecular weight is 338 g/mol. The van der Waals surface area contributed by atoms with Crippen molar-refractivity contribution in [3.05, 3.63) is 48.0 Å². The molecule has 25 heavy (non-hydrogen) atoms. The quantitative estimate of drug-likeness (QED) is 0.863. The average Bonchev–Trinajstić information content (AvgIpc) is 3.10. The van der Waals surface area contributed by atoms with E-state index >= 15 is 0 Å². The van der Waals surface area contributed by atoms with Crippen LogP contribution in [0.2, 0.25) is 0 Å². The van der Waals surface area contributed by atoms with E-state index in [0.717, 1.165) is 32.5 Å². The number of amides is 1. The number of nitrogens with zero attached hydrogens (tertiary/aromatic N) is 2. The first-order valence-electron chi connectivity index (χ1n) is 9.17. The molecule has 0 radical (unpaired) electrons. The van der Waals surface area contributed by atoms with E-state index in [-0.39, 0.29) is 17.9 Å². The lowest BCUT2D eigenvalue weighted by molar-refractivity contribution is -0.137. The fraction of sp³-hybridized carbons (Fsp3) is 0.476. The Kier molecular flexibility index (Phi) is 4.48. The predicted octanol–water partition coefficient (Wildman–Crippen LogP) is 2.91. The van der Waals surface area contributed by atoms with Crippen LogP contribution in [0.25, 0.3) is 10.8 Å². The van der Waals surface area contributed by atoms with Crippen LogP contribution in [0.3, 0.4) is 0 Å². The van der Waals surface area contributed by atoms with Crippen LogP contribution in [0.4, 0.5) is 0 Å². The van der Waals surface area contributed by atoms with E-state index in [1.54, 1.807) is 4.90 Å². The summed E-state index contributed by atoms with van der Waals surface area (Å²) in [5, 5.41) is 2.58. The van der Waals surface area contributed by atoms with Crippen molar-refractivity contribution in [1.82, 2.24) is 9.80 Å². The molecule has 0 aromatic heterocycles. The van der Waals surface area contributed by atoms with Gasteiger partial charge in [-0.1, -0.05) is 42.5 Å². The summed E-state index contributed by atoms with van der Waals surface area (Å²) in [6, 6.07) is 15.5. The highest BCUT2D eigenvalue weighted by Crippen LogP contribution is 2.33. The zero-order chi connectivity index (χ0) is 17.4. The molecule has 2 fully saturated rings. The van der Waals surface area contributed by atoms with Crippen molar-refractivity contribution in [2.24, 2.45) is 5.92 Å². The topological polar surface area (TPSA) is 32.8 Å². The molecule has 4 rings (SSSR count). The van der Waals surface area contributed by atoms with E-state index in [9.17, 15) is 4.79 Å². The number of hydrogen-bond acceptors (Lipinski definition) is 3. The Labute approximate surface area is 149 Å². The van der Waals surface area contributed by atoms with Gasteiger partial charge in [0.2, 0.25) is 5.91 Å². The van der Waals surface area contributed by atoms with Gasteiger partial charge in [-0.3, -0.25) is 9.69 Å². The normalized spacial score (nSPS) is 26.6. The molecule has 0 N–H and O–H groups in total. The van der Waals surface area contributed by atoms with E-state index < -0.39 is 0 Å². The second-order valence-electron chi connectivity index (χ2n) is 7.50. The third-order valence-electron chi connectivity index (χ3n) is 5.66. The van der Waals surface area contributed by atoms with Crippen molar-refractivity contribution in [2.75, 3.05) is 27.2 Å². The van der Waals surface area contributed by atoms with Crippen molar-refractivity contribution in [3.8, 4) is 0 Å². The van der Waals surface area contributed by atoms with Crippen molar-refractivity contribution in [2.45, 2.75) is 31.5 Å². The summed E-state index contributed by atoms with van der Waals surface area (Å²) in [7, 11) is 3.69. The molecular formula is C21H26N2O2. The van der Waals surface area contributed by atoms with Gasteiger partial charge in [-0.05, 0) is 29.2 Å². The van der Waals surface area contributed by atoms with Crippen LogP contribution < -0.4 is 0 Å². The fourth-order valence-corrected chi connectivity index (χ4v) is 4.43. The number of rotatable bonds is 3. The highest BCUT2D eigenvalue weighted by molar-refractivity contribution is 5.85. The van der Waals surface area contributed by atoms with Crippen molar-refractivity contribution in [1.29, 1.82) is 0 Å². The smallest absolute Gasteiger partial charge is 0.226 e. The molecule has 2 aliphatic heterocycles. The van der Waals surface area contributed by atoms with E-state index in [2.05, 4.69) is 47.4 Å². The molecule has 4 nitrogen and oxygen atoms in total. The van der Waals surface area contributed by atoms with E-state index in [1.807, 2.05) is 14.1 Å². The standard InChI is InChI=1S/C21H26N2O2/c1-22(2)21(24)17-12-20-19(10-11-25-20)23(14-17)13-16-8-5-7-15-6-3-4-9-18(15)16/h3-9,17,19-20H,10-14H2,1-2H3/t17-,19-,20-/m0/s1. The maximum absolute atomic E-state index is 12.5. The minimum atomic E-state index is 0.0318. The van der Waals surface area contributed by atoms with E-state index in [4.69, 9.17) is 4.74 Å². The van der Waals surface area contributed by atoms with E-state index in [0.29, 0.717) is 6.04 Å². The van der Waals surface area contributed by atoms with Gasteiger partial charge in [0.05, 0.1) is 12.0 Å². The maximum atomic E-state index is 12.5. The largest absolute Gasteiger partial charge is 0.377 e. The van der Waals surface area contributed by atoms with Crippen LogP contribution in [0.5, 0.6) is 0 Å². The molecule has 2 aliphatic rings. The number of piperidine rings is 1. The zero-order valence-electron chi connectivity index (χ0n) is 15.0. The number of likely N-dealkylation sites (tertiary alicyclic amines) is 1. The fourth-order valence-electron chi connectivity index (χ4n) is 4.43. The van der Waals surface area contributed by atoms with Crippen LogP contribution in [0.1, 0.15) is 18.4 Å². The number of fused-ring (bicyclic) bond motifs is 2. The van der Waals surface area contributed by atoms with Gasteiger partial charge < -0.3 is 9.64 Å². The Hall–Kier alpha value is -1.91. The van der Waals surface area contributed by atoms with Crippen molar-refractivity contribution < 1.29 is 9.53 Å². The second kappa shape index (κ2) is 6.77. The summed E-state index contributed by atoms with van der Waals surface area (Å²) in [5.41, 5.74) is 1.33. The molecule has 0 unspecified atom stereocenters. The highest BCUT2D eigenvalue weighted by atomic mass is 16.5. The molecule has 4 heteroatoms. The van der Waals surface area contributed by atoms with Crippen LogP contribution in [0, 0.1) is 5.92 Å². The highest BCUT2D eigenvalue weighted by Gasteiger charge is 2.42. The monoisotopic (exact) mass is 338 g/mol. The Morgan fingerprint density at radius 1 is 1.20 bits per heavy atom. The van der Waals surface area contributed by atoms with Gasteiger partial charge in [-0.2, -0.15) is 0 Å². The molecule has 132 valence electrons. The summed E-state index contributed by atoms with van der Waals surface area (Å²) < 4.78 is 5.96. The first-order chi connectivity index (χ1) is 12.1. The van der Waals surface area contributed by atoms with Gasteiger partial charge in [-0.15, -0.1) is 0 Å². The Balaban J connectivity index is 1.61. The molecule has 0 bridgehead atoms. The lowest BCUT2D eigenvalue weighted by atomic mass is 9.88. The molecule has 2 aromatic rings. The van der Waals surface area contributed by atoms with Crippen LogP contribution >= 0.6 is 0 Å². The van der Waals surface area contributed by atoms with Crippen molar-refractivity contribution in [3.63, 3.8) is 0 Å². The summed E-state index contributed by atoms with van der Waals surface area (Å²) in [6.45, 7) is 2.51. The summed E-state index contributed by atoms with van der Waals surface area (Å²) in [4.78, 5) is 16.7. The molecule has 0 saturated carbocycles. The van der Waals surface area contributed by atoms with Crippen LogP contribution in [0.15, 0.2) is 42.5 Å². The molecule has 0 spiro atoms. The number of benzene rings is 2. The molecule has 1 amide bonds. The summed E-state index contributed by atoms with van der Waals surface area (Å²) in [6.07, 6.45) is 2.11. The van der Waals surface area contributed by atoms with Crippen LogP contribution in [-0.4, -0.2) is 55.1 Å². The minimum Gasteiger partial charge on any atom is -0.377 e. The number of ether oxygens (including phenoxy) is 1. The lowest BCUT2D eigenvalue weighted by Crippen LogP contribution is -2.52. The third kappa shape index (κ3) is 3.16. The van der Waals surface area contributed by atoms with Gasteiger partial charge in [0.25, 0.3) is 0 Å². The number of carbonyl (C=O) groups is 1. The molecule has 2 saturated heterocycles. The molecule has 3 atom stereocenters. The number of hydrogen-bond donors (Lipinski definition) is 0. The molecular weight excluding hydrogens is 312 g/mol. The summed E-state index contributed by atoms with van der Waals surface area (Å²) in [5.74, 6) is 0.251. The first kappa shape index (κ1) is 16.6. The SMILES string of the molecule is CN(C)C(=O)[C@H]1C[C@@H]2OCC[C@@H]2N(Cc2cccc3ccccc23)C1.